The van der Waals surface area contributed by atoms with E-state index in [-0.39, 0.29) is 5.91 Å². The Bertz CT molecular complexity index is 672. The topological polar surface area (TPSA) is 32.3 Å². The van der Waals surface area contributed by atoms with Crippen molar-refractivity contribution in [2.75, 3.05) is 30.8 Å². The fourth-order valence-electron chi connectivity index (χ4n) is 2.73. The van der Waals surface area contributed by atoms with Crippen molar-refractivity contribution >= 4 is 23.4 Å². The van der Waals surface area contributed by atoms with Gasteiger partial charge in [0.2, 0.25) is 0 Å². The van der Waals surface area contributed by atoms with Gasteiger partial charge < -0.3 is 10.2 Å². The maximum atomic E-state index is 12.3. The molecule has 0 bridgehead atoms. The lowest BCUT2D eigenvalue weighted by atomic mass is 10.1. The van der Waals surface area contributed by atoms with Crippen LogP contribution in [0.25, 0.3) is 0 Å². The quantitative estimate of drug-likeness (QED) is 0.852. The first-order chi connectivity index (χ1) is 11.2. The van der Waals surface area contributed by atoms with Crippen LogP contribution in [0.3, 0.4) is 0 Å². The molecule has 0 radical (unpaired) electrons. The molecule has 1 N–H and O–H groups in total. The van der Waals surface area contributed by atoms with Crippen LogP contribution < -0.4 is 10.2 Å². The van der Waals surface area contributed by atoms with Gasteiger partial charge in [0.1, 0.15) is 0 Å². The molecule has 0 unspecified atom stereocenters. The number of carbonyl (C=O) groups excluding carboxylic acids is 1. The van der Waals surface area contributed by atoms with Crippen molar-refractivity contribution in [3.63, 3.8) is 0 Å². The molecule has 0 saturated carbocycles. The SMILES string of the molecule is CN1CCSc2ccc(C(=O)NCCCc3ccccc3)cc21. The second kappa shape index (κ2) is 7.55. The van der Waals surface area contributed by atoms with Crippen LogP contribution in [0.2, 0.25) is 0 Å². The zero-order chi connectivity index (χ0) is 16.1. The molecule has 0 aliphatic carbocycles. The van der Waals surface area contributed by atoms with Crippen molar-refractivity contribution in [3.8, 4) is 0 Å². The molecule has 4 heteroatoms. The molecule has 1 aliphatic rings. The third-order valence-corrected chi connectivity index (χ3v) is 5.13. The number of aryl methyl sites for hydroxylation is 1. The monoisotopic (exact) mass is 326 g/mol. The molecule has 2 aromatic carbocycles. The molecule has 0 aromatic heterocycles. The molecule has 120 valence electrons. The number of anilines is 1. The van der Waals surface area contributed by atoms with Crippen molar-refractivity contribution in [1.29, 1.82) is 0 Å². The first kappa shape index (κ1) is 15.9. The summed E-state index contributed by atoms with van der Waals surface area (Å²) in [6.45, 7) is 1.73. The summed E-state index contributed by atoms with van der Waals surface area (Å²) in [6, 6.07) is 16.4. The predicted octanol–water partition coefficient (Wildman–Crippen LogP) is 3.59. The predicted molar refractivity (Wildman–Crippen MR) is 97.5 cm³/mol. The van der Waals surface area contributed by atoms with Gasteiger partial charge in [0.25, 0.3) is 5.91 Å². The first-order valence-electron chi connectivity index (χ1n) is 8.04. The van der Waals surface area contributed by atoms with E-state index in [0.717, 1.165) is 36.4 Å². The molecule has 1 aliphatic heterocycles. The van der Waals surface area contributed by atoms with E-state index in [4.69, 9.17) is 0 Å². The Morgan fingerprint density at radius 3 is 2.87 bits per heavy atom. The summed E-state index contributed by atoms with van der Waals surface area (Å²) in [7, 11) is 2.08. The van der Waals surface area contributed by atoms with E-state index < -0.39 is 0 Å². The van der Waals surface area contributed by atoms with Gasteiger partial charge in [-0.3, -0.25) is 4.79 Å². The van der Waals surface area contributed by atoms with Gasteiger partial charge in [-0.15, -0.1) is 11.8 Å². The molecule has 3 rings (SSSR count). The molecule has 1 amide bonds. The second-order valence-electron chi connectivity index (χ2n) is 5.80. The number of carbonyl (C=O) groups is 1. The maximum absolute atomic E-state index is 12.3. The minimum atomic E-state index is 0.0184. The minimum Gasteiger partial charge on any atom is -0.373 e. The number of hydrogen-bond donors (Lipinski definition) is 1. The average molecular weight is 326 g/mol. The molecule has 3 nitrogen and oxygen atoms in total. The van der Waals surface area contributed by atoms with Crippen LogP contribution >= 0.6 is 11.8 Å². The van der Waals surface area contributed by atoms with E-state index in [0.29, 0.717) is 6.54 Å². The Balaban J connectivity index is 1.53. The second-order valence-corrected chi connectivity index (χ2v) is 6.93. The van der Waals surface area contributed by atoms with Crippen LogP contribution in [0.4, 0.5) is 5.69 Å². The Kier molecular flexibility index (Phi) is 5.23. The van der Waals surface area contributed by atoms with Crippen LogP contribution in [0, 0.1) is 0 Å². The van der Waals surface area contributed by atoms with Crippen molar-refractivity contribution in [2.45, 2.75) is 17.7 Å². The van der Waals surface area contributed by atoms with E-state index in [2.05, 4.69) is 47.6 Å². The molecular formula is C19H22N2OS. The highest BCUT2D eigenvalue weighted by atomic mass is 32.2. The summed E-state index contributed by atoms with van der Waals surface area (Å²) < 4.78 is 0. The number of benzene rings is 2. The third kappa shape index (κ3) is 4.08. The summed E-state index contributed by atoms with van der Waals surface area (Å²) in [4.78, 5) is 15.8. The van der Waals surface area contributed by atoms with Gasteiger partial charge in [-0.2, -0.15) is 0 Å². The van der Waals surface area contributed by atoms with Gasteiger partial charge in [-0.1, -0.05) is 30.3 Å². The Labute approximate surface area is 142 Å². The van der Waals surface area contributed by atoms with Crippen LogP contribution in [0.15, 0.2) is 53.4 Å². The van der Waals surface area contributed by atoms with E-state index >= 15 is 0 Å². The fraction of sp³-hybridized carbons (Fsp3) is 0.316. The Morgan fingerprint density at radius 2 is 2.04 bits per heavy atom. The van der Waals surface area contributed by atoms with Gasteiger partial charge in [0.05, 0.1) is 5.69 Å². The summed E-state index contributed by atoms with van der Waals surface area (Å²) in [5, 5.41) is 3.03. The maximum Gasteiger partial charge on any atom is 0.251 e. The van der Waals surface area contributed by atoms with Crippen molar-refractivity contribution < 1.29 is 4.79 Å². The summed E-state index contributed by atoms with van der Waals surface area (Å²) in [6.07, 6.45) is 1.95. The number of nitrogens with zero attached hydrogens (tertiary/aromatic N) is 1. The van der Waals surface area contributed by atoms with Gasteiger partial charge in [0.15, 0.2) is 0 Å². The van der Waals surface area contributed by atoms with Crippen molar-refractivity contribution in [2.24, 2.45) is 0 Å². The van der Waals surface area contributed by atoms with E-state index in [9.17, 15) is 4.79 Å². The summed E-state index contributed by atoms with van der Waals surface area (Å²) in [5.41, 5.74) is 3.23. The van der Waals surface area contributed by atoms with Crippen molar-refractivity contribution in [3.05, 3.63) is 59.7 Å². The highest BCUT2D eigenvalue weighted by Gasteiger charge is 2.16. The third-order valence-electron chi connectivity index (χ3n) is 4.09. The zero-order valence-electron chi connectivity index (χ0n) is 13.4. The molecule has 0 spiro atoms. The van der Waals surface area contributed by atoms with Crippen LogP contribution in [-0.4, -0.2) is 31.8 Å². The Hall–Kier alpha value is -1.94. The highest BCUT2D eigenvalue weighted by Crippen LogP contribution is 2.34. The smallest absolute Gasteiger partial charge is 0.251 e. The number of rotatable bonds is 5. The number of nitrogens with one attached hydrogen (secondary N) is 1. The number of amides is 1. The lowest BCUT2D eigenvalue weighted by molar-refractivity contribution is 0.0953. The number of fused-ring (bicyclic) bond motifs is 1. The van der Waals surface area contributed by atoms with E-state index in [1.54, 1.807) is 0 Å². The van der Waals surface area contributed by atoms with E-state index in [1.165, 1.54) is 10.5 Å². The van der Waals surface area contributed by atoms with Gasteiger partial charge in [-0.05, 0) is 36.6 Å². The summed E-state index contributed by atoms with van der Waals surface area (Å²) >= 11 is 1.86. The molecule has 2 aromatic rings. The normalized spacial score (nSPS) is 13.5. The number of thioether (sulfide) groups is 1. The first-order valence-corrected chi connectivity index (χ1v) is 9.03. The largest absolute Gasteiger partial charge is 0.373 e. The van der Waals surface area contributed by atoms with Gasteiger partial charge >= 0.3 is 0 Å². The van der Waals surface area contributed by atoms with Crippen molar-refractivity contribution in [1.82, 2.24) is 5.32 Å². The number of hydrogen-bond acceptors (Lipinski definition) is 3. The molecule has 0 saturated heterocycles. The minimum absolute atomic E-state index is 0.0184. The lowest BCUT2D eigenvalue weighted by Gasteiger charge is -2.27. The van der Waals surface area contributed by atoms with Crippen LogP contribution in [0.1, 0.15) is 22.3 Å². The molecule has 0 fully saturated rings. The summed E-state index contributed by atoms with van der Waals surface area (Å²) in [5.74, 6) is 1.12. The molecule has 1 heterocycles. The fourth-order valence-corrected chi connectivity index (χ4v) is 3.85. The van der Waals surface area contributed by atoms with Gasteiger partial charge in [-0.25, -0.2) is 0 Å². The highest BCUT2D eigenvalue weighted by molar-refractivity contribution is 7.99. The standard InChI is InChI=1S/C19H22N2OS/c1-21-12-13-23-18-10-9-16(14-17(18)21)19(22)20-11-5-8-15-6-3-2-4-7-15/h2-4,6-7,9-10,14H,5,8,11-13H2,1H3,(H,20,22). The lowest BCUT2D eigenvalue weighted by Crippen LogP contribution is -2.27. The average Bonchev–Trinajstić information content (AvgIpc) is 2.59. The van der Waals surface area contributed by atoms with Gasteiger partial charge in [0, 0.05) is 36.3 Å². The molecule has 0 atom stereocenters. The molecular weight excluding hydrogens is 304 g/mol. The zero-order valence-corrected chi connectivity index (χ0v) is 14.2. The van der Waals surface area contributed by atoms with E-state index in [1.807, 2.05) is 30.0 Å². The Morgan fingerprint density at radius 1 is 1.22 bits per heavy atom. The van der Waals surface area contributed by atoms with Crippen LogP contribution in [0.5, 0.6) is 0 Å². The van der Waals surface area contributed by atoms with Crippen LogP contribution in [-0.2, 0) is 6.42 Å². The molecule has 23 heavy (non-hydrogen) atoms.